The van der Waals surface area contributed by atoms with Gasteiger partial charge in [0.2, 0.25) is 5.88 Å². The van der Waals surface area contributed by atoms with Gasteiger partial charge in [0.25, 0.3) is 0 Å². The van der Waals surface area contributed by atoms with Gasteiger partial charge in [-0.3, -0.25) is 0 Å². The summed E-state index contributed by atoms with van der Waals surface area (Å²) in [5.74, 6) is 0.610. The summed E-state index contributed by atoms with van der Waals surface area (Å²) in [5.41, 5.74) is -0.600. The van der Waals surface area contributed by atoms with Crippen LogP contribution in [0.2, 0.25) is 0 Å². The van der Waals surface area contributed by atoms with E-state index < -0.39 is 23.9 Å². The maximum absolute atomic E-state index is 12.0. The number of ether oxygens (including phenoxy) is 2. The van der Waals surface area contributed by atoms with Crippen molar-refractivity contribution >= 4 is 18.7 Å². The zero-order valence-corrected chi connectivity index (χ0v) is 18.7. The van der Waals surface area contributed by atoms with Crippen LogP contribution in [0.5, 0.6) is 5.88 Å². The van der Waals surface area contributed by atoms with Crippen LogP contribution in [-0.4, -0.2) is 64.9 Å². The Bertz CT molecular complexity index is 680. The highest BCUT2D eigenvalue weighted by atomic mass is 16.7. The first-order valence-electron chi connectivity index (χ1n) is 9.68. The van der Waals surface area contributed by atoms with Gasteiger partial charge in [-0.25, -0.2) is 9.48 Å². The summed E-state index contributed by atoms with van der Waals surface area (Å²) in [6.45, 7) is 14.5. The smallest absolute Gasteiger partial charge is 0.478 e. The minimum absolute atomic E-state index is 0.342. The molecule has 0 aliphatic carbocycles. The number of carbonyl (C=O) groups excluding carboxylic acids is 1. The fourth-order valence-corrected chi connectivity index (χ4v) is 2.65. The molecular formula is C19H34BN3O5. The van der Waals surface area contributed by atoms with Crippen molar-refractivity contribution in [1.29, 1.82) is 0 Å². The topological polar surface area (TPSA) is 75.1 Å². The molecule has 2 heterocycles. The second kappa shape index (κ2) is 7.95. The summed E-state index contributed by atoms with van der Waals surface area (Å²) in [5, 5.41) is 4.29. The first kappa shape index (κ1) is 22.6. The summed E-state index contributed by atoms with van der Waals surface area (Å²) in [4.78, 5) is 13.5. The molecule has 1 aliphatic heterocycles. The van der Waals surface area contributed by atoms with Gasteiger partial charge in [-0.1, -0.05) is 0 Å². The maximum atomic E-state index is 12.0. The number of nitrogens with zero attached hydrogens (tertiary/aromatic N) is 3. The first-order valence-corrected chi connectivity index (χ1v) is 9.68. The number of hydrogen-bond acceptors (Lipinski definition) is 6. The van der Waals surface area contributed by atoms with Crippen molar-refractivity contribution in [2.75, 3.05) is 20.2 Å². The van der Waals surface area contributed by atoms with Crippen molar-refractivity contribution in [3.05, 3.63) is 6.20 Å². The van der Waals surface area contributed by atoms with Crippen LogP contribution in [0.4, 0.5) is 4.79 Å². The zero-order valence-electron chi connectivity index (χ0n) is 18.7. The van der Waals surface area contributed by atoms with Crippen LogP contribution in [0.1, 0.15) is 54.9 Å². The Morgan fingerprint density at radius 3 is 2.36 bits per heavy atom. The number of amides is 1. The summed E-state index contributed by atoms with van der Waals surface area (Å²) in [7, 11) is 3.00. The lowest BCUT2D eigenvalue weighted by Gasteiger charge is -2.32. The van der Waals surface area contributed by atoms with Gasteiger partial charge in [-0.2, -0.15) is 5.10 Å². The van der Waals surface area contributed by atoms with E-state index in [1.165, 1.54) is 0 Å². The van der Waals surface area contributed by atoms with Gasteiger partial charge < -0.3 is 23.7 Å². The van der Waals surface area contributed by atoms with Crippen LogP contribution >= 0.6 is 0 Å². The minimum Gasteiger partial charge on any atom is -0.478 e. The van der Waals surface area contributed by atoms with Crippen molar-refractivity contribution in [3.63, 3.8) is 0 Å². The quantitative estimate of drug-likeness (QED) is 0.544. The van der Waals surface area contributed by atoms with Gasteiger partial charge in [0.15, 0.2) is 0 Å². The Hall–Kier alpha value is -1.74. The van der Waals surface area contributed by atoms with E-state index in [9.17, 15) is 4.79 Å². The fraction of sp³-hybridized carbons (Fsp3) is 0.789. The van der Waals surface area contributed by atoms with E-state index >= 15 is 0 Å². The molecule has 1 aromatic heterocycles. The van der Waals surface area contributed by atoms with Crippen molar-refractivity contribution in [2.24, 2.45) is 7.05 Å². The summed E-state index contributed by atoms with van der Waals surface area (Å²) in [6, 6.07) is 0. The number of hydrogen-bond donors (Lipinski definition) is 0. The molecule has 28 heavy (non-hydrogen) atoms. The third-order valence-electron chi connectivity index (χ3n) is 5.00. The number of aryl methyl sites for hydroxylation is 1. The fourth-order valence-electron chi connectivity index (χ4n) is 2.65. The summed E-state index contributed by atoms with van der Waals surface area (Å²) < 4.78 is 25.2. The normalized spacial score (nSPS) is 18.2. The Balaban J connectivity index is 1.91. The summed E-state index contributed by atoms with van der Waals surface area (Å²) in [6.07, 6.45) is 2.03. The van der Waals surface area contributed by atoms with Crippen molar-refractivity contribution in [2.45, 2.75) is 71.7 Å². The third-order valence-corrected chi connectivity index (χ3v) is 5.00. The Kier molecular flexibility index (Phi) is 6.40. The van der Waals surface area contributed by atoms with Gasteiger partial charge in [-0.15, -0.1) is 0 Å². The van der Waals surface area contributed by atoms with Crippen LogP contribution < -0.4 is 10.2 Å². The first-order chi connectivity index (χ1) is 12.7. The van der Waals surface area contributed by atoms with E-state index in [2.05, 4.69) is 5.10 Å². The highest BCUT2D eigenvalue weighted by molar-refractivity contribution is 6.63. The molecule has 0 spiro atoms. The van der Waals surface area contributed by atoms with Gasteiger partial charge in [-0.05, 0) is 54.9 Å². The minimum atomic E-state index is -0.530. The van der Waals surface area contributed by atoms with E-state index in [0.29, 0.717) is 25.5 Å². The van der Waals surface area contributed by atoms with Crippen LogP contribution in [0.15, 0.2) is 6.20 Å². The van der Waals surface area contributed by atoms with Gasteiger partial charge in [0, 0.05) is 20.6 Å². The molecule has 158 valence electrons. The Morgan fingerprint density at radius 2 is 1.82 bits per heavy atom. The Labute approximate surface area is 168 Å². The highest BCUT2D eigenvalue weighted by Gasteiger charge is 2.53. The zero-order chi connectivity index (χ0) is 21.3. The molecule has 1 fully saturated rings. The number of aromatic nitrogens is 2. The highest BCUT2D eigenvalue weighted by Crippen LogP contribution is 2.37. The van der Waals surface area contributed by atoms with Crippen LogP contribution in [0, 0.1) is 0 Å². The molecule has 0 unspecified atom stereocenters. The molecule has 0 saturated carbocycles. The lowest BCUT2D eigenvalue weighted by atomic mass is 9.81. The molecule has 1 saturated heterocycles. The molecule has 9 heteroatoms. The molecule has 1 aliphatic rings. The van der Waals surface area contributed by atoms with E-state index in [1.54, 1.807) is 22.8 Å². The van der Waals surface area contributed by atoms with Gasteiger partial charge in [0.1, 0.15) is 5.60 Å². The molecule has 0 radical (unpaired) electrons. The maximum Gasteiger partial charge on any atom is 0.502 e. The molecule has 2 rings (SSSR count). The van der Waals surface area contributed by atoms with E-state index in [-0.39, 0.29) is 6.09 Å². The van der Waals surface area contributed by atoms with Crippen molar-refractivity contribution in [3.8, 4) is 5.88 Å². The second-order valence-corrected chi connectivity index (χ2v) is 9.22. The van der Waals surface area contributed by atoms with Crippen LogP contribution in [0.25, 0.3) is 0 Å². The molecule has 0 N–H and O–H groups in total. The molecule has 0 aromatic carbocycles. The van der Waals surface area contributed by atoms with E-state index in [0.717, 1.165) is 5.46 Å². The lowest BCUT2D eigenvalue weighted by Crippen LogP contribution is -2.41. The lowest BCUT2D eigenvalue weighted by molar-refractivity contribution is 0.00578. The van der Waals surface area contributed by atoms with Gasteiger partial charge in [0.05, 0.1) is 29.5 Å². The molecule has 8 nitrogen and oxygen atoms in total. The second-order valence-electron chi connectivity index (χ2n) is 9.22. The largest absolute Gasteiger partial charge is 0.502 e. The van der Waals surface area contributed by atoms with Crippen LogP contribution in [0.3, 0.4) is 0 Å². The monoisotopic (exact) mass is 395 g/mol. The van der Waals surface area contributed by atoms with Gasteiger partial charge >= 0.3 is 13.2 Å². The van der Waals surface area contributed by atoms with Crippen molar-refractivity contribution in [1.82, 2.24) is 14.7 Å². The number of rotatable bonds is 6. The summed E-state index contributed by atoms with van der Waals surface area (Å²) >= 11 is 0. The molecule has 0 atom stereocenters. The van der Waals surface area contributed by atoms with E-state index in [4.69, 9.17) is 18.8 Å². The predicted molar refractivity (Wildman–Crippen MR) is 108 cm³/mol. The SMILES string of the molecule is CN(CCCOc1c(B2OC(C)(C)C(C)(C)O2)cnn1C)C(=O)OC(C)(C)C. The molecule has 0 bridgehead atoms. The number of carbonyl (C=O) groups is 1. The Morgan fingerprint density at radius 1 is 1.25 bits per heavy atom. The van der Waals surface area contributed by atoms with Crippen molar-refractivity contribution < 1.29 is 23.6 Å². The molecule has 1 aromatic rings. The average molecular weight is 395 g/mol. The molecular weight excluding hydrogens is 361 g/mol. The third kappa shape index (κ3) is 5.20. The standard InChI is InChI=1S/C19H34BN3O5/c1-17(2,3)26-16(24)22(8)11-10-12-25-15-14(13-21-23(15)9)20-27-18(4,5)19(6,7)28-20/h13H,10-12H2,1-9H3. The van der Waals surface area contributed by atoms with E-state index in [1.807, 2.05) is 55.5 Å². The molecule has 1 amide bonds. The average Bonchev–Trinajstić information content (AvgIpc) is 2.98. The van der Waals surface area contributed by atoms with Crippen LogP contribution in [-0.2, 0) is 21.1 Å². The predicted octanol–water partition coefficient (Wildman–Crippen LogP) is 2.36.